The van der Waals surface area contributed by atoms with Crippen LogP contribution in [0.25, 0.3) is 0 Å². The maximum absolute atomic E-state index is 12.5. The van der Waals surface area contributed by atoms with Crippen LogP contribution in [-0.4, -0.2) is 13.0 Å². The highest BCUT2D eigenvalue weighted by molar-refractivity contribution is 6.31. The summed E-state index contributed by atoms with van der Waals surface area (Å²) in [6, 6.07) is 14.2. The Morgan fingerprint density at radius 1 is 1.24 bits per heavy atom. The number of methoxy groups -OCH3 is 1. The Labute approximate surface area is 128 Å². The lowest BCUT2D eigenvalue weighted by Crippen LogP contribution is -2.45. The number of amides is 1. The number of halogens is 1. The summed E-state index contributed by atoms with van der Waals surface area (Å²) in [5.74, 6) is 0.186. The van der Waals surface area contributed by atoms with Gasteiger partial charge in [-0.1, -0.05) is 41.9 Å². The topological polar surface area (TPSA) is 64.3 Å². The van der Waals surface area contributed by atoms with Gasteiger partial charge in [-0.25, -0.2) is 0 Å². The number of hydrogen-bond acceptors (Lipinski definition) is 3. The van der Waals surface area contributed by atoms with Gasteiger partial charge in [0.1, 0.15) is 11.3 Å². The SMILES string of the molecule is COc1ccc(Cl)cc1NC(=O)C(C)(N)c1ccccc1. The lowest BCUT2D eigenvalue weighted by atomic mass is 9.92. The summed E-state index contributed by atoms with van der Waals surface area (Å²) < 4.78 is 5.21. The molecule has 1 amide bonds. The molecule has 5 heteroatoms. The van der Waals surface area contributed by atoms with Gasteiger partial charge in [0, 0.05) is 5.02 Å². The molecule has 0 aliphatic heterocycles. The number of carbonyl (C=O) groups excluding carboxylic acids is 1. The average molecular weight is 305 g/mol. The van der Waals surface area contributed by atoms with E-state index < -0.39 is 5.54 Å². The third-order valence-electron chi connectivity index (χ3n) is 3.25. The van der Waals surface area contributed by atoms with Crippen LogP contribution in [0.5, 0.6) is 5.75 Å². The van der Waals surface area contributed by atoms with Crippen molar-refractivity contribution in [2.75, 3.05) is 12.4 Å². The first kappa shape index (κ1) is 15.4. The van der Waals surface area contributed by atoms with E-state index in [1.165, 1.54) is 7.11 Å². The van der Waals surface area contributed by atoms with Crippen molar-refractivity contribution >= 4 is 23.2 Å². The largest absolute Gasteiger partial charge is 0.495 e. The Balaban J connectivity index is 2.27. The van der Waals surface area contributed by atoms with Crippen LogP contribution in [-0.2, 0) is 10.3 Å². The second-order valence-corrected chi connectivity index (χ2v) is 5.30. The van der Waals surface area contributed by atoms with E-state index >= 15 is 0 Å². The van der Waals surface area contributed by atoms with E-state index in [-0.39, 0.29) is 5.91 Å². The van der Waals surface area contributed by atoms with Crippen LogP contribution in [0.2, 0.25) is 5.02 Å². The molecule has 4 nitrogen and oxygen atoms in total. The molecule has 0 bridgehead atoms. The Bertz CT molecular complexity index is 642. The van der Waals surface area contributed by atoms with Gasteiger partial charge >= 0.3 is 0 Å². The minimum Gasteiger partial charge on any atom is -0.495 e. The van der Waals surface area contributed by atoms with Crippen LogP contribution in [0, 0.1) is 0 Å². The Hall–Kier alpha value is -2.04. The van der Waals surface area contributed by atoms with Crippen molar-refractivity contribution in [2.45, 2.75) is 12.5 Å². The minimum absolute atomic E-state index is 0.339. The first-order valence-electron chi connectivity index (χ1n) is 6.44. The highest BCUT2D eigenvalue weighted by atomic mass is 35.5. The molecule has 0 radical (unpaired) electrons. The van der Waals surface area contributed by atoms with Crippen LogP contribution in [0.1, 0.15) is 12.5 Å². The molecule has 21 heavy (non-hydrogen) atoms. The lowest BCUT2D eigenvalue weighted by molar-refractivity contribution is -0.120. The second-order valence-electron chi connectivity index (χ2n) is 4.87. The van der Waals surface area contributed by atoms with Crippen LogP contribution < -0.4 is 15.8 Å². The molecule has 1 atom stereocenters. The highest BCUT2D eigenvalue weighted by Crippen LogP contribution is 2.29. The predicted octanol–water partition coefficient (Wildman–Crippen LogP) is 3.16. The fourth-order valence-electron chi connectivity index (χ4n) is 1.95. The molecular formula is C16H17ClN2O2. The van der Waals surface area contributed by atoms with Gasteiger partial charge in [0.2, 0.25) is 5.91 Å². The van der Waals surface area contributed by atoms with E-state index in [2.05, 4.69) is 5.32 Å². The van der Waals surface area contributed by atoms with Crippen molar-refractivity contribution in [3.05, 3.63) is 59.1 Å². The Kier molecular flexibility index (Phi) is 4.50. The molecule has 0 aliphatic carbocycles. The van der Waals surface area contributed by atoms with E-state index in [1.54, 1.807) is 25.1 Å². The third-order valence-corrected chi connectivity index (χ3v) is 3.49. The first-order valence-corrected chi connectivity index (χ1v) is 6.82. The van der Waals surface area contributed by atoms with E-state index in [9.17, 15) is 4.79 Å². The molecular weight excluding hydrogens is 288 g/mol. The quantitative estimate of drug-likeness (QED) is 0.912. The standard InChI is InChI=1S/C16H17ClN2O2/c1-16(18,11-6-4-3-5-7-11)15(20)19-13-10-12(17)8-9-14(13)21-2/h3-10H,18H2,1-2H3,(H,19,20). The van der Waals surface area contributed by atoms with Crippen molar-refractivity contribution in [1.82, 2.24) is 0 Å². The van der Waals surface area contributed by atoms with Crippen molar-refractivity contribution in [3.63, 3.8) is 0 Å². The number of anilines is 1. The summed E-state index contributed by atoms with van der Waals surface area (Å²) in [5.41, 5.74) is 6.23. The van der Waals surface area contributed by atoms with Crippen molar-refractivity contribution < 1.29 is 9.53 Å². The third kappa shape index (κ3) is 3.35. The zero-order chi connectivity index (χ0) is 15.5. The lowest BCUT2D eigenvalue weighted by Gasteiger charge is -2.24. The number of benzene rings is 2. The summed E-state index contributed by atoms with van der Waals surface area (Å²) in [4.78, 5) is 12.5. The summed E-state index contributed by atoms with van der Waals surface area (Å²) in [7, 11) is 1.53. The van der Waals surface area contributed by atoms with Crippen molar-refractivity contribution in [2.24, 2.45) is 5.73 Å². The fourth-order valence-corrected chi connectivity index (χ4v) is 2.12. The summed E-state index contributed by atoms with van der Waals surface area (Å²) >= 11 is 5.95. The number of hydrogen-bond donors (Lipinski definition) is 2. The Morgan fingerprint density at radius 3 is 2.52 bits per heavy atom. The number of nitrogens with two attached hydrogens (primary N) is 1. The highest BCUT2D eigenvalue weighted by Gasteiger charge is 2.30. The maximum atomic E-state index is 12.5. The van der Waals surface area contributed by atoms with Gasteiger partial charge in [-0.05, 0) is 30.7 Å². The molecule has 2 aromatic rings. The normalized spacial score (nSPS) is 13.3. The van der Waals surface area contributed by atoms with Gasteiger partial charge in [0.15, 0.2) is 0 Å². The first-order chi connectivity index (χ1) is 9.95. The van der Waals surface area contributed by atoms with Crippen LogP contribution >= 0.6 is 11.6 Å². The molecule has 0 fully saturated rings. The summed E-state index contributed by atoms with van der Waals surface area (Å²) in [6.45, 7) is 1.66. The molecule has 2 rings (SSSR count). The van der Waals surface area contributed by atoms with Crippen LogP contribution in [0.4, 0.5) is 5.69 Å². The van der Waals surface area contributed by atoms with Gasteiger partial charge in [-0.2, -0.15) is 0 Å². The number of carbonyl (C=O) groups is 1. The van der Waals surface area contributed by atoms with Crippen molar-refractivity contribution in [1.29, 1.82) is 0 Å². The second kappa shape index (κ2) is 6.16. The van der Waals surface area contributed by atoms with Gasteiger partial charge in [0.05, 0.1) is 12.8 Å². The predicted molar refractivity (Wildman–Crippen MR) is 84.6 cm³/mol. The van der Waals surface area contributed by atoms with E-state index in [0.29, 0.717) is 16.5 Å². The number of ether oxygens (including phenoxy) is 1. The van der Waals surface area contributed by atoms with Gasteiger partial charge < -0.3 is 15.8 Å². The molecule has 1 unspecified atom stereocenters. The molecule has 0 aromatic heterocycles. The number of nitrogens with one attached hydrogen (secondary N) is 1. The molecule has 0 heterocycles. The number of rotatable bonds is 4. The van der Waals surface area contributed by atoms with E-state index in [4.69, 9.17) is 22.1 Å². The van der Waals surface area contributed by atoms with Crippen molar-refractivity contribution in [3.8, 4) is 5.75 Å². The van der Waals surface area contributed by atoms with Crippen LogP contribution in [0.3, 0.4) is 0 Å². The zero-order valence-electron chi connectivity index (χ0n) is 11.9. The smallest absolute Gasteiger partial charge is 0.248 e. The van der Waals surface area contributed by atoms with Crippen LogP contribution in [0.15, 0.2) is 48.5 Å². The monoisotopic (exact) mass is 304 g/mol. The molecule has 0 saturated carbocycles. The van der Waals surface area contributed by atoms with Gasteiger partial charge in [-0.15, -0.1) is 0 Å². The molecule has 0 spiro atoms. The van der Waals surface area contributed by atoms with E-state index in [0.717, 1.165) is 5.56 Å². The summed E-state index contributed by atoms with van der Waals surface area (Å²) in [5, 5.41) is 3.27. The molecule has 110 valence electrons. The molecule has 2 aromatic carbocycles. The average Bonchev–Trinajstić information content (AvgIpc) is 2.48. The fraction of sp³-hybridized carbons (Fsp3) is 0.188. The minimum atomic E-state index is -1.16. The van der Waals surface area contributed by atoms with E-state index in [1.807, 2.05) is 30.3 Å². The van der Waals surface area contributed by atoms with Gasteiger partial charge in [0.25, 0.3) is 0 Å². The maximum Gasteiger partial charge on any atom is 0.248 e. The summed E-state index contributed by atoms with van der Waals surface area (Å²) in [6.07, 6.45) is 0. The zero-order valence-corrected chi connectivity index (χ0v) is 12.6. The molecule has 3 N–H and O–H groups in total. The Morgan fingerprint density at radius 2 is 1.90 bits per heavy atom. The molecule has 0 aliphatic rings. The van der Waals surface area contributed by atoms with Gasteiger partial charge in [-0.3, -0.25) is 4.79 Å². The molecule has 0 saturated heterocycles.